The predicted molar refractivity (Wildman–Crippen MR) is 89.8 cm³/mol. The number of amides is 3. The number of hydrogen-bond acceptors (Lipinski definition) is 4. The Labute approximate surface area is 137 Å². The first-order valence-corrected chi connectivity index (χ1v) is 7.74. The van der Waals surface area contributed by atoms with Crippen molar-refractivity contribution in [3.05, 3.63) is 0 Å². The number of carbonyl (C=O) groups excluding carboxylic acids is 2. The molecule has 0 aromatic carbocycles. The first-order valence-electron chi connectivity index (χ1n) is 7.33. The van der Waals surface area contributed by atoms with Crippen LogP contribution < -0.4 is 16.0 Å². The zero-order valence-corrected chi connectivity index (χ0v) is 14.3. The average molecular weight is 330 g/mol. The Morgan fingerprint density at radius 1 is 0.864 bits per heavy atom. The third-order valence-corrected chi connectivity index (χ3v) is 3.83. The Bertz CT molecular complexity index is 382. The molecular weight excluding hydrogens is 304 g/mol. The zero-order valence-electron chi connectivity index (χ0n) is 13.5. The minimum Gasteiger partial charge on any atom is -0.361 e. The second-order valence-electron chi connectivity index (χ2n) is 5.39. The van der Waals surface area contributed by atoms with E-state index in [0.717, 1.165) is 44.4 Å². The standard InChI is InChI=1S/C5H10N2O.C4H8N2O.C4H8N2S/c1-7-3-2-6-5(8)4-7;2*1-6-3-2-5-4(6)7/h2-4H2,1H3,(H,6,8);2*2-3H2,1H3,(H,5,7). The summed E-state index contributed by atoms with van der Waals surface area (Å²) < 4.78 is 0. The molecule has 3 aliphatic rings. The van der Waals surface area contributed by atoms with Crippen molar-refractivity contribution >= 4 is 29.3 Å². The van der Waals surface area contributed by atoms with Crippen molar-refractivity contribution in [3.8, 4) is 0 Å². The number of piperazine rings is 1. The van der Waals surface area contributed by atoms with Gasteiger partial charge in [0.2, 0.25) is 5.91 Å². The van der Waals surface area contributed by atoms with Gasteiger partial charge in [-0.25, -0.2) is 4.79 Å². The minimum atomic E-state index is 0.0417. The van der Waals surface area contributed by atoms with Gasteiger partial charge in [-0.3, -0.25) is 9.69 Å². The molecule has 0 aliphatic carbocycles. The lowest BCUT2D eigenvalue weighted by molar-refractivity contribution is -0.123. The van der Waals surface area contributed by atoms with Gasteiger partial charge in [-0.05, 0) is 19.3 Å². The summed E-state index contributed by atoms with van der Waals surface area (Å²) in [6.07, 6.45) is 0. The third-order valence-electron chi connectivity index (χ3n) is 3.37. The predicted octanol–water partition coefficient (Wildman–Crippen LogP) is -1.50. The van der Waals surface area contributed by atoms with Gasteiger partial charge in [0.25, 0.3) is 0 Å². The molecular formula is C13H26N6O2S. The average Bonchev–Trinajstić information content (AvgIpc) is 3.01. The molecule has 0 aromatic rings. The molecule has 3 rings (SSSR count). The van der Waals surface area contributed by atoms with Gasteiger partial charge < -0.3 is 25.8 Å². The van der Waals surface area contributed by atoms with Crippen LogP contribution in [0, 0.1) is 0 Å². The van der Waals surface area contributed by atoms with Gasteiger partial charge in [-0.1, -0.05) is 0 Å². The van der Waals surface area contributed by atoms with E-state index in [1.165, 1.54) is 0 Å². The van der Waals surface area contributed by atoms with Crippen LogP contribution in [0.2, 0.25) is 0 Å². The molecule has 3 saturated heterocycles. The molecule has 3 fully saturated rings. The molecule has 0 saturated carbocycles. The number of thiocarbonyl (C=S) groups is 1. The lowest BCUT2D eigenvalue weighted by atomic mass is 10.4. The number of likely N-dealkylation sites (N-methyl/N-ethyl adjacent to an activating group) is 3. The number of hydrogen-bond donors (Lipinski definition) is 3. The molecule has 0 unspecified atom stereocenters. The monoisotopic (exact) mass is 330 g/mol. The van der Waals surface area contributed by atoms with Gasteiger partial charge >= 0.3 is 6.03 Å². The maximum absolute atomic E-state index is 10.5. The van der Waals surface area contributed by atoms with Crippen LogP contribution in [0.25, 0.3) is 0 Å². The first-order chi connectivity index (χ1) is 10.4. The van der Waals surface area contributed by atoms with E-state index in [-0.39, 0.29) is 11.9 Å². The van der Waals surface area contributed by atoms with E-state index in [0.29, 0.717) is 6.54 Å². The minimum absolute atomic E-state index is 0.0417. The number of nitrogens with zero attached hydrogens (tertiary/aromatic N) is 3. The van der Waals surface area contributed by atoms with E-state index < -0.39 is 0 Å². The summed E-state index contributed by atoms with van der Waals surface area (Å²) in [5, 5.41) is 9.29. The number of nitrogens with one attached hydrogen (secondary N) is 3. The van der Waals surface area contributed by atoms with Crippen molar-refractivity contribution in [1.29, 1.82) is 0 Å². The number of urea groups is 1. The summed E-state index contributed by atoms with van der Waals surface area (Å²) in [6, 6.07) is 0.0417. The highest BCUT2D eigenvalue weighted by Gasteiger charge is 2.13. The SMILES string of the molecule is CN1CCNC(=O)C1.CN1CCNC1=O.CN1CCNC1=S. The van der Waals surface area contributed by atoms with Gasteiger partial charge in [0, 0.05) is 53.4 Å². The van der Waals surface area contributed by atoms with Crippen LogP contribution in [0.5, 0.6) is 0 Å². The Morgan fingerprint density at radius 3 is 1.68 bits per heavy atom. The molecule has 3 N–H and O–H groups in total. The normalized spacial score (nSPS) is 21.1. The van der Waals surface area contributed by atoms with E-state index in [2.05, 4.69) is 16.0 Å². The van der Waals surface area contributed by atoms with Crippen molar-refractivity contribution < 1.29 is 9.59 Å². The second kappa shape index (κ2) is 9.42. The fraction of sp³-hybridized carbons (Fsp3) is 0.769. The van der Waals surface area contributed by atoms with Gasteiger partial charge in [0.1, 0.15) is 0 Å². The molecule has 0 bridgehead atoms. The van der Waals surface area contributed by atoms with Crippen LogP contribution >= 0.6 is 12.2 Å². The molecule has 0 atom stereocenters. The van der Waals surface area contributed by atoms with Crippen molar-refractivity contribution in [2.75, 3.05) is 67.0 Å². The van der Waals surface area contributed by atoms with Crippen molar-refractivity contribution in [2.45, 2.75) is 0 Å². The molecule has 0 spiro atoms. The highest BCUT2D eigenvalue weighted by molar-refractivity contribution is 7.80. The summed E-state index contributed by atoms with van der Waals surface area (Å²) in [4.78, 5) is 26.6. The smallest absolute Gasteiger partial charge is 0.317 e. The fourth-order valence-corrected chi connectivity index (χ4v) is 2.09. The van der Waals surface area contributed by atoms with Crippen LogP contribution in [0.1, 0.15) is 0 Å². The molecule has 9 heteroatoms. The number of rotatable bonds is 0. The van der Waals surface area contributed by atoms with E-state index in [9.17, 15) is 9.59 Å². The van der Waals surface area contributed by atoms with Crippen LogP contribution in [0.15, 0.2) is 0 Å². The van der Waals surface area contributed by atoms with E-state index in [1.54, 1.807) is 11.9 Å². The topological polar surface area (TPSA) is 80.0 Å². The van der Waals surface area contributed by atoms with Crippen molar-refractivity contribution in [2.24, 2.45) is 0 Å². The molecule has 22 heavy (non-hydrogen) atoms. The van der Waals surface area contributed by atoms with Gasteiger partial charge in [0.05, 0.1) is 6.54 Å². The summed E-state index contributed by atoms with van der Waals surface area (Å²) in [5.41, 5.74) is 0. The lowest BCUT2D eigenvalue weighted by Crippen LogP contribution is -2.45. The molecule has 126 valence electrons. The van der Waals surface area contributed by atoms with E-state index in [4.69, 9.17) is 12.2 Å². The highest BCUT2D eigenvalue weighted by atomic mass is 32.1. The highest BCUT2D eigenvalue weighted by Crippen LogP contribution is 1.89. The van der Waals surface area contributed by atoms with Crippen LogP contribution in [-0.2, 0) is 4.79 Å². The van der Waals surface area contributed by atoms with Crippen LogP contribution in [0.4, 0.5) is 4.79 Å². The van der Waals surface area contributed by atoms with Gasteiger partial charge in [-0.2, -0.15) is 0 Å². The number of carbonyl (C=O) groups is 2. The van der Waals surface area contributed by atoms with E-state index >= 15 is 0 Å². The van der Waals surface area contributed by atoms with Crippen molar-refractivity contribution in [1.82, 2.24) is 30.7 Å². The van der Waals surface area contributed by atoms with E-state index in [1.807, 2.05) is 23.9 Å². The molecule has 3 aliphatic heterocycles. The summed E-state index contributed by atoms with van der Waals surface area (Å²) in [5.74, 6) is 0.138. The third kappa shape index (κ3) is 6.90. The largest absolute Gasteiger partial charge is 0.361 e. The lowest BCUT2D eigenvalue weighted by Gasteiger charge is -2.21. The fourth-order valence-electron chi connectivity index (χ4n) is 1.90. The van der Waals surface area contributed by atoms with Crippen LogP contribution in [-0.4, -0.2) is 98.7 Å². The molecule has 3 heterocycles. The second-order valence-corrected chi connectivity index (χ2v) is 5.78. The Morgan fingerprint density at radius 2 is 1.45 bits per heavy atom. The van der Waals surface area contributed by atoms with Gasteiger partial charge in [-0.15, -0.1) is 0 Å². The summed E-state index contributed by atoms with van der Waals surface area (Å²) >= 11 is 4.86. The molecule has 0 aromatic heterocycles. The zero-order chi connectivity index (χ0) is 16.5. The maximum Gasteiger partial charge on any atom is 0.317 e. The Balaban J connectivity index is 0.000000166. The molecule has 3 amide bonds. The molecule has 0 radical (unpaired) electrons. The molecule has 8 nitrogen and oxygen atoms in total. The maximum atomic E-state index is 10.5. The Kier molecular flexibility index (Phi) is 7.89. The summed E-state index contributed by atoms with van der Waals surface area (Å²) in [7, 11) is 5.71. The Hall–Kier alpha value is -1.61. The quantitative estimate of drug-likeness (QED) is 0.469. The first kappa shape index (κ1) is 18.4. The summed E-state index contributed by atoms with van der Waals surface area (Å²) in [6.45, 7) is 6.05. The van der Waals surface area contributed by atoms with Gasteiger partial charge in [0.15, 0.2) is 5.11 Å². The van der Waals surface area contributed by atoms with Crippen molar-refractivity contribution in [3.63, 3.8) is 0 Å². The van der Waals surface area contributed by atoms with Crippen LogP contribution in [0.3, 0.4) is 0 Å².